The minimum atomic E-state index is 0.579. The van der Waals surface area contributed by atoms with Gasteiger partial charge in [-0.05, 0) is 74.9 Å². The van der Waals surface area contributed by atoms with Crippen LogP contribution in [0.2, 0.25) is 0 Å². The average molecular weight is 366 g/mol. The van der Waals surface area contributed by atoms with Crippen molar-refractivity contribution in [2.75, 3.05) is 18.8 Å². The molecule has 1 aliphatic heterocycles. The van der Waals surface area contributed by atoms with Crippen molar-refractivity contribution in [2.45, 2.75) is 38.6 Å². The van der Waals surface area contributed by atoms with Gasteiger partial charge in [-0.3, -0.25) is 0 Å². The maximum atomic E-state index is 5.83. The van der Waals surface area contributed by atoms with Crippen molar-refractivity contribution >= 4 is 26.7 Å². The predicted octanol–water partition coefficient (Wildman–Crippen LogP) is 4.76. The van der Waals surface area contributed by atoms with Crippen LogP contribution in [0, 0.1) is 5.92 Å². The number of hydrogen-bond acceptors (Lipinski definition) is 4. The Kier molecular flexibility index (Phi) is 5.23. The summed E-state index contributed by atoms with van der Waals surface area (Å²) in [5.41, 5.74) is 9.72. The second-order valence-corrected chi connectivity index (χ2v) is 8.64. The van der Waals surface area contributed by atoms with E-state index in [1.807, 2.05) is 0 Å². The van der Waals surface area contributed by atoms with E-state index in [1.54, 1.807) is 11.3 Å². The maximum Gasteiger partial charge on any atom is 0.181 e. The second kappa shape index (κ2) is 7.77. The normalized spacial score (nSPS) is 17.6. The SMILES string of the molecule is C[C@H](Cc1ccc2nc(N)sc2c1)N1CCC(Cc2ccccc2)CC1. The molecular weight excluding hydrogens is 338 g/mol. The topological polar surface area (TPSA) is 42.1 Å². The largest absolute Gasteiger partial charge is 0.375 e. The molecule has 0 spiro atoms. The van der Waals surface area contributed by atoms with Crippen molar-refractivity contribution in [1.29, 1.82) is 0 Å². The molecule has 0 unspecified atom stereocenters. The fourth-order valence-corrected chi connectivity index (χ4v) is 4.93. The zero-order valence-electron chi connectivity index (χ0n) is 15.4. The van der Waals surface area contributed by atoms with Gasteiger partial charge in [0.1, 0.15) is 0 Å². The first-order valence-electron chi connectivity index (χ1n) is 9.60. The molecule has 0 amide bonds. The molecule has 2 N–H and O–H groups in total. The summed E-state index contributed by atoms with van der Waals surface area (Å²) in [5.74, 6) is 0.831. The first-order valence-corrected chi connectivity index (χ1v) is 10.4. The van der Waals surface area contributed by atoms with Gasteiger partial charge in [0.2, 0.25) is 0 Å². The Morgan fingerprint density at radius 3 is 2.65 bits per heavy atom. The molecule has 26 heavy (non-hydrogen) atoms. The summed E-state index contributed by atoms with van der Waals surface area (Å²) < 4.78 is 1.20. The van der Waals surface area contributed by atoms with E-state index in [4.69, 9.17) is 5.73 Å². The number of thiazole rings is 1. The zero-order chi connectivity index (χ0) is 17.9. The summed E-state index contributed by atoms with van der Waals surface area (Å²) in [6.45, 7) is 4.80. The molecule has 3 nitrogen and oxygen atoms in total. The summed E-state index contributed by atoms with van der Waals surface area (Å²) in [6.07, 6.45) is 4.94. The third kappa shape index (κ3) is 4.08. The van der Waals surface area contributed by atoms with Crippen molar-refractivity contribution in [3.8, 4) is 0 Å². The Morgan fingerprint density at radius 2 is 1.88 bits per heavy atom. The highest BCUT2D eigenvalue weighted by atomic mass is 32.1. The van der Waals surface area contributed by atoms with Gasteiger partial charge < -0.3 is 10.6 Å². The third-order valence-corrected chi connectivity index (χ3v) is 6.49. The van der Waals surface area contributed by atoms with Crippen LogP contribution in [-0.2, 0) is 12.8 Å². The zero-order valence-corrected chi connectivity index (χ0v) is 16.2. The lowest BCUT2D eigenvalue weighted by Gasteiger charge is -2.36. The van der Waals surface area contributed by atoms with Crippen molar-refractivity contribution in [1.82, 2.24) is 9.88 Å². The van der Waals surface area contributed by atoms with Crippen LogP contribution in [0.15, 0.2) is 48.5 Å². The van der Waals surface area contributed by atoms with Crippen LogP contribution in [0.25, 0.3) is 10.2 Å². The number of rotatable bonds is 5. The Labute approximate surface area is 159 Å². The lowest BCUT2D eigenvalue weighted by atomic mass is 9.89. The van der Waals surface area contributed by atoms with Gasteiger partial charge in [-0.2, -0.15) is 0 Å². The monoisotopic (exact) mass is 365 g/mol. The molecule has 136 valence electrons. The number of piperidine rings is 1. The van der Waals surface area contributed by atoms with Crippen molar-refractivity contribution in [2.24, 2.45) is 5.92 Å². The lowest BCUT2D eigenvalue weighted by Crippen LogP contribution is -2.41. The molecule has 0 saturated carbocycles. The number of nitrogens with two attached hydrogens (primary N) is 1. The number of aromatic nitrogens is 1. The van der Waals surface area contributed by atoms with E-state index in [1.165, 1.54) is 48.2 Å². The summed E-state index contributed by atoms with van der Waals surface area (Å²) >= 11 is 1.58. The Hall–Kier alpha value is -1.91. The van der Waals surface area contributed by atoms with Crippen LogP contribution in [0.3, 0.4) is 0 Å². The molecule has 1 aliphatic rings. The minimum Gasteiger partial charge on any atom is -0.375 e. The molecule has 0 aliphatic carbocycles. The molecule has 3 aromatic rings. The summed E-state index contributed by atoms with van der Waals surface area (Å²) in [7, 11) is 0. The Morgan fingerprint density at radius 1 is 1.12 bits per heavy atom. The van der Waals surface area contributed by atoms with Gasteiger partial charge in [-0.15, -0.1) is 0 Å². The number of benzene rings is 2. The predicted molar refractivity (Wildman–Crippen MR) is 112 cm³/mol. The van der Waals surface area contributed by atoms with E-state index in [0.717, 1.165) is 17.9 Å². The third-order valence-electron chi connectivity index (χ3n) is 5.64. The fraction of sp³-hybridized carbons (Fsp3) is 0.409. The molecule has 1 aromatic heterocycles. The van der Waals surface area contributed by atoms with Crippen LogP contribution >= 0.6 is 11.3 Å². The summed E-state index contributed by atoms with van der Waals surface area (Å²) in [6, 6.07) is 18.1. The highest BCUT2D eigenvalue weighted by molar-refractivity contribution is 7.22. The number of likely N-dealkylation sites (tertiary alicyclic amines) is 1. The molecule has 0 radical (unpaired) electrons. The van der Waals surface area contributed by atoms with Gasteiger partial charge in [-0.1, -0.05) is 47.7 Å². The van der Waals surface area contributed by atoms with Gasteiger partial charge in [0.25, 0.3) is 0 Å². The molecule has 2 aromatic carbocycles. The second-order valence-electron chi connectivity index (χ2n) is 7.58. The van der Waals surface area contributed by atoms with Gasteiger partial charge in [-0.25, -0.2) is 4.98 Å². The molecule has 1 saturated heterocycles. The maximum absolute atomic E-state index is 5.83. The highest BCUT2D eigenvalue weighted by Crippen LogP contribution is 2.27. The van der Waals surface area contributed by atoms with Gasteiger partial charge in [0, 0.05) is 6.04 Å². The van der Waals surface area contributed by atoms with Crippen molar-refractivity contribution < 1.29 is 0 Å². The van der Waals surface area contributed by atoms with Crippen LogP contribution in [0.1, 0.15) is 30.9 Å². The smallest absolute Gasteiger partial charge is 0.181 e. The van der Waals surface area contributed by atoms with Gasteiger partial charge in [0.05, 0.1) is 10.2 Å². The molecule has 4 heteroatoms. The van der Waals surface area contributed by atoms with E-state index < -0.39 is 0 Å². The first-order chi connectivity index (χ1) is 12.7. The summed E-state index contributed by atoms with van der Waals surface area (Å²) in [4.78, 5) is 7.01. The Bertz CT molecular complexity index is 850. The number of nitrogen functional groups attached to an aromatic ring is 1. The first kappa shape index (κ1) is 17.5. The van der Waals surface area contributed by atoms with Crippen LogP contribution in [0.4, 0.5) is 5.13 Å². The van der Waals surface area contributed by atoms with E-state index in [0.29, 0.717) is 11.2 Å². The number of fused-ring (bicyclic) bond motifs is 1. The van der Waals surface area contributed by atoms with Gasteiger partial charge >= 0.3 is 0 Å². The minimum absolute atomic E-state index is 0.579. The highest BCUT2D eigenvalue weighted by Gasteiger charge is 2.23. The number of nitrogens with zero attached hydrogens (tertiary/aromatic N) is 2. The Balaban J connectivity index is 1.32. The fourth-order valence-electron chi connectivity index (χ4n) is 4.13. The van der Waals surface area contributed by atoms with Crippen molar-refractivity contribution in [3.63, 3.8) is 0 Å². The van der Waals surface area contributed by atoms with E-state index in [-0.39, 0.29) is 0 Å². The average Bonchev–Trinajstić information content (AvgIpc) is 3.02. The summed E-state index contributed by atoms with van der Waals surface area (Å²) in [5, 5.41) is 0.658. The molecule has 1 fully saturated rings. The molecule has 2 heterocycles. The molecular formula is C22H27N3S. The van der Waals surface area contributed by atoms with Crippen LogP contribution in [0.5, 0.6) is 0 Å². The molecule has 1 atom stereocenters. The quantitative estimate of drug-likeness (QED) is 0.708. The van der Waals surface area contributed by atoms with Crippen LogP contribution < -0.4 is 5.73 Å². The lowest BCUT2D eigenvalue weighted by molar-refractivity contribution is 0.140. The van der Waals surface area contributed by atoms with E-state index in [9.17, 15) is 0 Å². The van der Waals surface area contributed by atoms with E-state index >= 15 is 0 Å². The van der Waals surface area contributed by atoms with Crippen molar-refractivity contribution in [3.05, 3.63) is 59.7 Å². The van der Waals surface area contributed by atoms with E-state index in [2.05, 4.69) is 65.3 Å². The van der Waals surface area contributed by atoms with Crippen LogP contribution in [-0.4, -0.2) is 29.0 Å². The standard InChI is InChI=1S/C22H27N3S/c1-16(13-19-7-8-20-21(15-19)26-22(23)24-20)25-11-9-18(10-12-25)14-17-5-3-2-4-6-17/h2-8,15-16,18H,9-14H2,1H3,(H2,23,24)/t16-/m1/s1. The number of hydrogen-bond donors (Lipinski definition) is 1. The number of anilines is 1. The van der Waals surface area contributed by atoms with Gasteiger partial charge in [0.15, 0.2) is 5.13 Å². The molecule has 4 rings (SSSR count). The molecule has 0 bridgehead atoms.